The molecule has 0 aliphatic heterocycles. The second kappa shape index (κ2) is 11.4. The van der Waals surface area contributed by atoms with Gasteiger partial charge in [0.05, 0.1) is 16.9 Å². The van der Waals surface area contributed by atoms with E-state index in [0.29, 0.717) is 41.3 Å². The maximum atomic E-state index is 12.7. The molecule has 4 aromatic rings. The molecular weight excluding hydrogens is 558 g/mol. The van der Waals surface area contributed by atoms with E-state index in [1.807, 2.05) is 74.7 Å². The van der Waals surface area contributed by atoms with E-state index in [-0.39, 0.29) is 11.6 Å². The van der Waals surface area contributed by atoms with E-state index in [1.54, 1.807) is 0 Å². The monoisotopic (exact) mass is 597 g/mol. The summed E-state index contributed by atoms with van der Waals surface area (Å²) in [6, 6.07) is 13.3. The van der Waals surface area contributed by atoms with Gasteiger partial charge >= 0.3 is 12.1 Å². The Morgan fingerprint density at radius 1 is 1.16 bits per heavy atom. The van der Waals surface area contributed by atoms with Crippen LogP contribution in [0, 0.1) is 11.5 Å². The Bertz CT molecular complexity index is 1770. The van der Waals surface area contributed by atoms with Crippen LogP contribution in [0.4, 0.5) is 10.5 Å². The van der Waals surface area contributed by atoms with Crippen molar-refractivity contribution in [3.05, 3.63) is 70.8 Å². The number of fused-ring (bicyclic) bond motifs is 1. The second-order valence-corrected chi connectivity index (χ2v) is 17.8. The van der Waals surface area contributed by atoms with E-state index < -0.39 is 25.7 Å². The minimum absolute atomic E-state index is 0.231. The van der Waals surface area contributed by atoms with Gasteiger partial charge in [-0.2, -0.15) is 0 Å². The van der Waals surface area contributed by atoms with Gasteiger partial charge in [-0.25, -0.2) is 14.6 Å². The quantitative estimate of drug-likeness (QED) is 0.165. The summed E-state index contributed by atoms with van der Waals surface area (Å²) in [7, 11) is -1.77. The fourth-order valence-corrected chi connectivity index (χ4v) is 5.52. The lowest BCUT2D eigenvalue weighted by Crippen LogP contribution is -2.27. The molecule has 0 atom stereocenters. The number of nitrogens with zero attached hydrogens (tertiary/aromatic N) is 2. The van der Waals surface area contributed by atoms with Crippen molar-refractivity contribution in [2.24, 2.45) is 0 Å². The van der Waals surface area contributed by atoms with Crippen LogP contribution in [0.1, 0.15) is 79.6 Å². The topological polar surface area (TPSA) is 107 Å². The molecule has 1 saturated carbocycles. The zero-order chi connectivity index (χ0) is 31.1. The number of amides is 1. The Hall–Kier alpha value is -4.29. The molecule has 2 N–H and O–H groups in total. The van der Waals surface area contributed by atoms with Gasteiger partial charge in [0, 0.05) is 29.8 Å². The molecule has 8 nitrogen and oxygen atoms in total. The number of imidazole rings is 1. The predicted molar refractivity (Wildman–Crippen MR) is 171 cm³/mol. The van der Waals surface area contributed by atoms with Crippen molar-refractivity contribution in [2.75, 3.05) is 5.32 Å². The summed E-state index contributed by atoms with van der Waals surface area (Å²) in [5, 5.41) is 13.8. The second-order valence-electron chi connectivity index (χ2n) is 13.1. The molecule has 2 aromatic carbocycles. The van der Waals surface area contributed by atoms with Gasteiger partial charge in [0.1, 0.15) is 25.1 Å². The molecular formula is C34H39N3O5Si. The molecule has 5 rings (SSSR count). The molecule has 2 heterocycles. The summed E-state index contributed by atoms with van der Waals surface area (Å²) in [6.45, 7) is 14.4. The van der Waals surface area contributed by atoms with Crippen LogP contribution in [0.2, 0.25) is 19.6 Å². The number of hydrogen-bond acceptors (Lipinski definition) is 5. The van der Waals surface area contributed by atoms with Crippen LogP contribution in [-0.4, -0.2) is 40.4 Å². The predicted octanol–water partition coefficient (Wildman–Crippen LogP) is 8.06. The molecule has 43 heavy (non-hydrogen) atoms. The number of nitrogens with one attached hydrogen (secondary N) is 1. The lowest BCUT2D eigenvalue weighted by atomic mass is 10.0. The number of carbonyl (C=O) groups excluding carboxylic acids is 1. The van der Waals surface area contributed by atoms with E-state index in [2.05, 4.69) is 36.4 Å². The van der Waals surface area contributed by atoms with E-state index in [0.717, 1.165) is 35.2 Å². The number of hydrogen-bond donors (Lipinski definition) is 2. The van der Waals surface area contributed by atoms with Crippen LogP contribution in [-0.2, 0) is 17.7 Å². The number of para-hydroxylation sites is 1. The lowest BCUT2D eigenvalue weighted by molar-refractivity contribution is 0.0633. The van der Waals surface area contributed by atoms with Crippen molar-refractivity contribution in [2.45, 2.75) is 84.7 Å². The largest absolute Gasteiger partial charge is 0.477 e. The lowest BCUT2D eigenvalue weighted by Gasteiger charge is -2.20. The number of benzene rings is 2. The summed E-state index contributed by atoms with van der Waals surface area (Å²) < 4.78 is 13.8. The fourth-order valence-electron chi connectivity index (χ4n) is 5.02. The third-order valence-corrected chi connectivity index (χ3v) is 7.89. The third-order valence-electron chi connectivity index (χ3n) is 7.02. The first-order valence-electron chi connectivity index (χ1n) is 14.7. The highest BCUT2D eigenvalue weighted by atomic mass is 28.3. The average molecular weight is 598 g/mol. The van der Waals surface area contributed by atoms with Crippen molar-refractivity contribution in [3.63, 3.8) is 0 Å². The number of anilines is 1. The van der Waals surface area contributed by atoms with Crippen LogP contribution in [0.5, 0.6) is 0 Å². The van der Waals surface area contributed by atoms with Crippen LogP contribution in [0.25, 0.3) is 22.3 Å². The van der Waals surface area contributed by atoms with Crippen LogP contribution >= 0.6 is 0 Å². The molecule has 1 aliphatic rings. The Balaban J connectivity index is 1.62. The molecule has 0 unspecified atom stereocenters. The summed E-state index contributed by atoms with van der Waals surface area (Å²) in [4.78, 5) is 29.8. The van der Waals surface area contributed by atoms with E-state index in [9.17, 15) is 14.7 Å². The minimum Gasteiger partial charge on any atom is -0.477 e. The average Bonchev–Trinajstić information content (AvgIpc) is 3.59. The number of aryl methyl sites for hydroxylation is 1. The number of carboxylic acid groups (broad SMARTS) is 1. The van der Waals surface area contributed by atoms with Gasteiger partial charge < -0.3 is 18.8 Å². The molecule has 2 aromatic heterocycles. The summed E-state index contributed by atoms with van der Waals surface area (Å²) in [5.74, 6) is 4.04. The Kier molecular flexibility index (Phi) is 8.01. The highest BCUT2D eigenvalue weighted by Crippen LogP contribution is 2.42. The van der Waals surface area contributed by atoms with Gasteiger partial charge in [0.2, 0.25) is 0 Å². The standard InChI is InChI=1S/C34H39N3O5Si/c1-8-28-36-29(22-14-15-22)30(32(38)39)37(28)20-21-13-16-27-25(19-21)23(17-18-43(5,6)7)31(41-27)24-11-9-10-12-26(24)35-33(40)42-34(2,3)4/h9-13,16,19,22H,8,14-15,20H2,1-7H3,(H,35,40)(H,38,39). The van der Waals surface area contributed by atoms with E-state index in [4.69, 9.17) is 14.1 Å². The molecule has 0 radical (unpaired) electrons. The third kappa shape index (κ3) is 6.86. The Morgan fingerprint density at radius 3 is 2.51 bits per heavy atom. The number of rotatable bonds is 7. The van der Waals surface area contributed by atoms with E-state index in [1.165, 1.54) is 0 Å². The number of carbonyl (C=O) groups is 2. The van der Waals surface area contributed by atoms with E-state index >= 15 is 0 Å². The zero-order valence-electron chi connectivity index (χ0n) is 25.9. The van der Waals surface area contributed by atoms with Gasteiger partial charge in [-0.05, 0) is 63.4 Å². The van der Waals surface area contributed by atoms with Crippen molar-refractivity contribution in [1.82, 2.24) is 9.55 Å². The molecule has 1 fully saturated rings. The first-order chi connectivity index (χ1) is 20.2. The zero-order valence-corrected chi connectivity index (χ0v) is 26.9. The number of aromatic carboxylic acids is 1. The molecule has 0 spiro atoms. The van der Waals surface area contributed by atoms with Gasteiger partial charge in [-0.15, -0.1) is 5.54 Å². The van der Waals surface area contributed by atoms with Crippen LogP contribution in [0.3, 0.4) is 0 Å². The normalized spacial score (nSPS) is 13.5. The summed E-state index contributed by atoms with van der Waals surface area (Å²) in [6.07, 6.45) is 2.04. The van der Waals surface area contributed by atoms with Crippen molar-refractivity contribution < 1.29 is 23.8 Å². The maximum Gasteiger partial charge on any atom is 0.412 e. The molecule has 1 amide bonds. The molecule has 1 aliphatic carbocycles. The van der Waals surface area contributed by atoms with Crippen molar-refractivity contribution in [3.8, 4) is 22.8 Å². The van der Waals surface area contributed by atoms with Gasteiger partial charge in [-0.1, -0.05) is 50.7 Å². The number of carboxylic acids is 1. The first-order valence-corrected chi connectivity index (χ1v) is 18.2. The first kappa shape index (κ1) is 30.2. The smallest absolute Gasteiger partial charge is 0.412 e. The van der Waals surface area contributed by atoms with Gasteiger partial charge in [-0.3, -0.25) is 5.32 Å². The highest BCUT2D eigenvalue weighted by Gasteiger charge is 2.34. The molecule has 9 heteroatoms. The maximum absolute atomic E-state index is 12.7. The number of furan rings is 1. The van der Waals surface area contributed by atoms with Crippen LogP contribution < -0.4 is 5.32 Å². The Morgan fingerprint density at radius 2 is 1.88 bits per heavy atom. The van der Waals surface area contributed by atoms with Gasteiger partial charge in [0.15, 0.2) is 11.5 Å². The number of aromatic nitrogens is 2. The number of ether oxygens (including phenoxy) is 1. The van der Waals surface area contributed by atoms with Gasteiger partial charge in [0.25, 0.3) is 0 Å². The Labute approximate surface area is 253 Å². The van der Waals surface area contributed by atoms with Crippen molar-refractivity contribution in [1.29, 1.82) is 0 Å². The SMILES string of the molecule is CCc1nc(C2CC2)c(C(=O)O)n1Cc1ccc2oc(-c3ccccc3NC(=O)OC(C)(C)C)c(C#C[Si](C)(C)C)c2c1. The summed E-state index contributed by atoms with van der Waals surface area (Å²) in [5.41, 5.74) is 7.38. The minimum atomic E-state index is -1.77. The fraction of sp³-hybridized carbons (Fsp3) is 0.382. The van der Waals surface area contributed by atoms with Crippen LogP contribution in [0.15, 0.2) is 46.9 Å². The molecule has 0 bridgehead atoms. The molecule has 224 valence electrons. The highest BCUT2D eigenvalue weighted by molar-refractivity contribution is 6.83. The van der Waals surface area contributed by atoms with Crippen molar-refractivity contribution >= 4 is 36.8 Å². The summed E-state index contributed by atoms with van der Waals surface area (Å²) >= 11 is 0. The molecule has 0 saturated heterocycles.